The normalized spacial score (nSPS) is 19.7. The number of aryl methyl sites for hydroxylation is 1. The van der Waals surface area contributed by atoms with Gasteiger partial charge in [-0.15, -0.1) is 0 Å². The second kappa shape index (κ2) is 18.1. The number of alkyl halides is 3. The van der Waals surface area contributed by atoms with Crippen molar-refractivity contribution in [1.29, 1.82) is 5.26 Å². The molecular weight excluding hydrogens is 837 g/mol. The molecule has 314 valence electrons. The number of nitriles is 1. The van der Waals surface area contributed by atoms with E-state index >= 15 is 0 Å². The van der Waals surface area contributed by atoms with Crippen LogP contribution in [0.15, 0.2) is 72.8 Å². The number of halogens is 3. The second-order valence-corrected chi connectivity index (χ2v) is 17.1. The summed E-state index contributed by atoms with van der Waals surface area (Å²) in [6.45, 7) is 4.23. The fourth-order valence-corrected chi connectivity index (χ4v) is 8.48. The van der Waals surface area contributed by atoms with E-state index in [-0.39, 0.29) is 33.0 Å². The van der Waals surface area contributed by atoms with Gasteiger partial charge < -0.3 is 38.0 Å². The van der Waals surface area contributed by atoms with Crippen LogP contribution in [0.3, 0.4) is 0 Å². The third kappa shape index (κ3) is 8.61. The molecule has 16 heteroatoms. The second-order valence-electron chi connectivity index (χ2n) is 14.6. The Balaban J connectivity index is 1.42. The van der Waals surface area contributed by atoms with Crippen molar-refractivity contribution >= 4 is 53.2 Å². The van der Waals surface area contributed by atoms with Crippen molar-refractivity contribution in [1.82, 2.24) is 9.80 Å². The van der Waals surface area contributed by atoms with Gasteiger partial charge in [-0.05, 0) is 48.6 Å². The summed E-state index contributed by atoms with van der Waals surface area (Å²) < 4.78 is 40.3. The van der Waals surface area contributed by atoms with Crippen molar-refractivity contribution in [3.05, 3.63) is 112 Å². The van der Waals surface area contributed by atoms with Crippen LogP contribution in [0.4, 0.5) is 4.79 Å². The molecule has 0 radical (unpaired) electrons. The van der Waals surface area contributed by atoms with Gasteiger partial charge in [-0.2, -0.15) is 5.26 Å². The van der Waals surface area contributed by atoms with E-state index in [0.29, 0.717) is 51.7 Å². The summed E-state index contributed by atoms with van der Waals surface area (Å²) >= 11 is 18.1. The van der Waals surface area contributed by atoms with E-state index in [1.807, 2.05) is 80.6 Å². The Hall–Kier alpha value is -5.39. The minimum atomic E-state index is -1.96. The highest BCUT2D eigenvalue weighted by Gasteiger charge is 2.58. The van der Waals surface area contributed by atoms with Crippen molar-refractivity contribution in [2.75, 3.05) is 27.1 Å². The molecule has 60 heavy (non-hydrogen) atoms. The van der Waals surface area contributed by atoms with Crippen molar-refractivity contribution in [2.45, 2.75) is 74.4 Å². The number of benzene rings is 4. The van der Waals surface area contributed by atoms with E-state index in [9.17, 15) is 19.6 Å². The van der Waals surface area contributed by atoms with E-state index in [2.05, 4.69) is 6.07 Å². The van der Waals surface area contributed by atoms with Crippen LogP contribution in [0.5, 0.6) is 28.7 Å². The number of methoxy groups -OCH3 is 1. The Kier molecular flexibility index (Phi) is 12.9. The van der Waals surface area contributed by atoms with Crippen LogP contribution in [-0.4, -0.2) is 77.2 Å². The number of rotatable bonds is 13. The first-order chi connectivity index (χ1) is 28.8. The molecule has 0 aromatic heterocycles. The molecule has 5 atom stereocenters. The van der Waals surface area contributed by atoms with Gasteiger partial charge in [0.25, 0.3) is 0 Å². The molecule has 0 spiro atoms. The Morgan fingerprint density at radius 3 is 2.20 bits per heavy atom. The first-order valence-electron chi connectivity index (χ1n) is 19.1. The summed E-state index contributed by atoms with van der Waals surface area (Å²) in [5, 5.41) is 11.2. The van der Waals surface area contributed by atoms with Crippen LogP contribution >= 0.6 is 34.8 Å². The minimum Gasteiger partial charge on any atom is -0.493 e. The number of hydrogen-bond donors (Lipinski definition) is 0. The van der Waals surface area contributed by atoms with Gasteiger partial charge in [0.2, 0.25) is 10.6 Å². The standard InChI is InChI=1S/C44H42Cl3N3O10/c1-25-15-30-16-32-33(18-48)49(35(22-55-27(3)52)31-17-36(26(2)40-41(31)60-24-59-40)56-20-28-11-7-5-8-12-28)34(19-51)38(50(32)43(53)58-23-44(45,46)47)37(30)42(39(25)54-4)57-21-29-13-9-6-10-14-29/h5-15,17,19,32-35,38H,16,20-24H2,1-4H3/t32?,33-,34-,35-,38-/m0/s1. The Morgan fingerprint density at radius 1 is 0.950 bits per heavy atom. The summed E-state index contributed by atoms with van der Waals surface area (Å²) in [7, 11) is 1.51. The quantitative estimate of drug-likeness (QED) is 0.0728. The van der Waals surface area contributed by atoms with Crippen molar-refractivity contribution in [3.63, 3.8) is 0 Å². The van der Waals surface area contributed by atoms with Gasteiger partial charge in [-0.25, -0.2) is 4.79 Å². The topological polar surface area (TPSA) is 146 Å². The molecule has 3 aliphatic rings. The molecule has 0 N–H and O–H groups in total. The van der Waals surface area contributed by atoms with Gasteiger partial charge in [0, 0.05) is 23.6 Å². The van der Waals surface area contributed by atoms with Gasteiger partial charge in [0.15, 0.2) is 23.0 Å². The van der Waals surface area contributed by atoms with Crippen LogP contribution in [0, 0.1) is 25.2 Å². The van der Waals surface area contributed by atoms with Gasteiger partial charge in [-0.3, -0.25) is 14.6 Å². The lowest BCUT2D eigenvalue weighted by Gasteiger charge is -2.56. The summed E-state index contributed by atoms with van der Waals surface area (Å²) in [6.07, 6.45) is -0.162. The van der Waals surface area contributed by atoms with Gasteiger partial charge in [0.1, 0.15) is 44.5 Å². The molecule has 3 aliphatic heterocycles. The number of amides is 1. The lowest BCUT2D eigenvalue weighted by molar-refractivity contribution is -0.146. The number of hydrogen-bond acceptors (Lipinski definition) is 12. The average Bonchev–Trinajstić information content (AvgIpc) is 3.73. The summed E-state index contributed by atoms with van der Waals surface area (Å²) in [5.41, 5.74) is 4.78. The van der Waals surface area contributed by atoms with Crippen molar-refractivity contribution in [3.8, 4) is 34.8 Å². The highest BCUT2D eigenvalue weighted by Crippen LogP contribution is 2.54. The van der Waals surface area contributed by atoms with Crippen LogP contribution in [0.2, 0.25) is 0 Å². The molecular formula is C44H42Cl3N3O10. The number of ether oxygens (including phenoxy) is 7. The maximum atomic E-state index is 14.4. The Morgan fingerprint density at radius 2 is 1.60 bits per heavy atom. The zero-order valence-electron chi connectivity index (χ0n) is 33.2. The Bertz CT molecular complexity index is 2290. The maximum Gasteiger partial charge on any atom is 0.410 e. The smallest absolute Gasteiger partial charge is 0.410 e. The molecule has 3 heterocycles. The molecule has 7 rings (SSSR count). The number of carbonyl (C=O) groups excluding carboxylic acids is 3. The minimum absolute atomic E-state index is 0.110. The molecule has 1 amide bonds. The van der Waals surface area contributed by atoms with Crippen molar-refractivity contribution < 1.29 is 47.5 Å². The molecule has 0 saturated carbocycles. The van der Waals surface area contributed by atoms with Crippen LogP contribution in [-0.2, 0) is 38.7 Å². The fourth-order valence-electron chi connectivity index (χ4n) is 8.32. The number of aldehydes is 1. The van der Waals surface area contributed by atoms with E-state index in [0.717, 1.165) is 22.3 Å². The maximum absolute atomic E-state index is 14.4. The molecule has 13 nitrogen and oxygen atoms in total. The molecule has 1 unspecified atom stereocenters. The zero-order valence-corrected chi connectivity index (χ0v) is 35.5. The fraction of sp³-hybridized carbons (Fsp3) is 0.364. The molecule has 1 fully saturated rings. The number of carbonyl (C=O) groups is 3. The molecule has 2 bridgehead atoms. The first kappa shape index (κ1) is 42.7. The predicted octanol–water partition coefficient (Wildman–Crippen LogP) is 8.05. The lowest BCUT2D eigenvalue weighted by atomic mass is 9.76. The first-order valence-corrected chi connectivity index (χ1v) is 20.2. The van der Waals surface area contributed by atoms with E-state index < -0.39 is 52.7 Å². The number of piperazine rings is 1. The predicted molar refractivity (Wildman–Crippen MR) is 221 cm³/mol. The average molecular weight is 879 g/mol. The summed E-state index contributed by atoms with van der Waals surface area (Å²) in [4.78, 5) is 43.9. The Labute approximate surface area is 362 Å². The van der Waals surface area contributed by atoms with Crippen molar-refractivity contribution in [2.24, 2.45) is 0 Å². The summed E-state index contributed by atoms with van der Waals surface area (Å²) in [6, 6.07) is 19.4. The van der Waals surface area contributed by atoms with Gasteiger partial charge in [-0.1, -0.05) is 102 Å². The zero-order chi connectivity index (χ0) is 42.7. The van der Waals surface area contributed by atoms with Gasteiger partial charge >= 0.3 is 12.1 Å². The molecule has 0 aliphatic carbocycles. The SMILES string of the molecule is COc1c(C)cc2c(c1OCc1ccccc1)[C@@H]1[C@H](C=O)N([C@@H](COC(C)=O)c3cc(OCc4ccccc4)c(C)c4c3OCO4)[C@@H](C#N)C(C2)N1C(=O)OCC(Cl)(Cl)Cl. The third-order valence-electron chi connectivity index (χ3n) is 10.8. The summed E-state index contributed by atoms with van der Waals surface area (Å²) in [5.74, 6) is 1.25. The molecule has 4 aromatic carbocycles. The van der Waals surface area contributed by atoms with E-state index in [1.165, 1.54) is 18.9 Å². The van der Waals surface area contributed by atoms with E-state index in [4.69, 9.17) is 68.0 Å². The number of fused-ring (bicyclic) bond motifs is 5. The van der Waals surface area contributed by atoms with E-state index in [1.54, 1.807) is 11.0 Å². The van der Waals surface area contributed by atoms with Gasteiger partial charge in [0.05, 0.1) is 37.3 Å². The lowest BCUT2D eigenvalue weighted by Crippen LogP contribution is -2.69. The van der Waals surface area contributed by atoms with Crippen LogP contribution in [0.1, 0.15) is 58.0 Å². The van der Waals surface area contributed by atoms with Crippen LogP contribution in [0.25, 0.3) is 0 Å². The highest BCUT2D eigenvalue weighted by atomic mass is 35.6. The largest absolute Gasteiger partial charge is 0.493 e. The monoisotopic (exact) mass is 877 g/mol. The number of nitrogens with zero attached hydrogens (tertiary/aromatic N) is 3. The highest BCUT2D eigenvalue weighted by molar-refractivity contribution is 6.67. The number of esters is 1. The molecule has 1 saturated heterocycles. The molecule has 4 aromatic rings. The third-order valence-corrected chi connectivity index (χ3v) is 11.2. The van der Waals surface area contributed by atoms with Crippen LogP contribution < -0.4 is 23.7 Å².